The Morgan fingerprint density at radius 3 is 2.47 bits per heavy atom. The van der Waals surface area contributed by atoms with E-state index in [1.165, 1.54) is 12.1 Å². The second-order valence-corrected chi connectivity index (χ2v) is 4.58. The highest BCUT2D eigenvalue weighted by molar-refractivity contribution is 5.27. The molecule has 1 N–H and O–H groups in total. The predicted octanol–water partition coefficient (Wildman–Crippen LogP) is 2.68. The molecular formula is C13H15F3O3. The molecule has 0 aromatic heterocycles. The molecule has 1 aliphatic heterocycles. The van der Waals surface area contributed by atoms with Crippen LogP contribution >= 0.6 is 0 Å². The van der Waals surface area contributed by atoms with E-state index in [0.29, 0.717) is 18.6 Å². The molecule has 1 saturated heterocycles. The Bertz CT molecular complexity index is 430. The summed E-state index contributed by atoms with van der Waals surface area (Å²) in [5, 5.41) is 8.83. The van der Waals surface area contributed by atoms with Gasteiger partial charge in [0.15, 0.2) is 5.79 Å². The minimum Gasteiger partial charge on any atom is -0.396 e. The maximum absolute atomic E-state index is 12.5. The maximum Gasteiger partial charge on any atom is 0.416 e. The van der Waals surface area contributed by atoms with Crippen molar-refractivity contribution < 1.29 is 27.8 Å². The van der Waals surface area contributed by atoms with Crippen molar-refractivity contribution in [2.75, 3.05) is 13.2 Å². The van der Waals surface area contributed by atoms with Crippen molar-refractivity contribution in [2.24, 2.45) is 0 Å². The Morgan fingerprint density at radius 1 is 1.32 bits per heavy atom. The van der Waals surface area contributed by atoms with Crippen LogP contribution in [0.15, 0.2) is 24.3 Å². The number of benzene rings is 1. The van der Waals surface area contributed by atoms with E-state index >= 15 is 0 Å². The average Bonchev–Trinajstić information content (AvgIpc) is 2.72. The van der Waals surface area contributed by atoms with Gasteiger partial charge in [-0.3, -0.25) is 0 Å². The van der Waals surface area contributed by atoms with Gasteiger partial charge < -0.3 is 14.6 Å². The Labute approximate surface area is 108 Å². The molecule has 1 heterocycles. The summed E-state index contributed by atoms with van der Waals surface area (Å²) in [6, 6.07) is 4.72. The molecule has 0 saturated carbocycles. The lowest BCUT2D eigenvalue weighted by Gasteiger charge is -2.24. The lowest BCUT2D eigenvalue weighted by Crippen LogP contribution is -2.24. The van der Waals surface area contributed by atoms with Crippen LogP contribution < -0.4 is 0 Å². The van der Waals surface area contributed by atoms with Gasteiger partial charge in [-0.2, -0.15) is 13.2 Å². The zero-order valence-corrected chi connectivity index (χ0v) is 10.4. The molecular weight excluding hydrogens is 261 g/mol. The summed E-state index contributed by atoms with van der Waals surface area (Å²) in [4.78, 5) is 0. The summed E-state index contributed by atoms with van der Waals surface area (Å²) in [6.45, 7) is 1.96. The van der Waals surface area contributed by atoms with E-state index in [0.717, 1.165) is 12.1 Å². The van der Waals surface area contributed by atoms with Crippen molar-refractivity contribution >= 4 is 0 Å². The van der Waals surface area contributed by atoms with Gasteiger partial charge in [-0.25, -0.2) is 0 Å². The summed E-state index contributed by atoms with van der Waals surface area (Å²) in [7, 11) is 0. The third-order valence-corrected chi connectivity index (χ3v) is 3.12. The quantitative estimate of drug-likeness (QED) is 0.922. The monoisotopic (exact) mass is 276 g/mol. The zero-order chi connectivity index (χ0) is 14.1. The molecule has 2 atom stereocenters. The molecule has 0 aliphatic carbocycles. The Morgan fingerprint density at radius 2 is 1.95 bits per heavy atom. The van der Waals surface area contributed by atoms with Crippen LogP contribution in [0.5, 0.6) is 0 Å². The summed E-state index contributed by atoms with van der Waals surface area (Å²) >= 11 is 0. The van der Waals surface area contributed by atoms with Crippen LogP contribution in [-0.2, 0) is 21.4 Å². The first-order valence-electron chi connectivity index (χ1n) is 5.95. The van der Waals surface area contributed by atoms with E-state index in [2.05, 4.69) is 0 Å². The maximum atomic E-state index is 12.5. The Kier molecular flexibility index (Phi) is 3.85. The van der Waals surface area contributed by atoms with E-state index in [-0.39, 0.29) is 12.7 Å². The predicted molar refractivity (Wildman–Crippen MR) is 61.3 cm³/mol. The van der Waals surface area contributed by atoms with Gasteiger partial charge in [0.25, 0.3) is 0 Å². The third kappa shape index (κ3) is 3.08. The normalized spacial score (nSPS) is 27.7. The van der Waals surface area contributed by atoms with E-state index in [1.54, 1.807) is 6.92 Å². The molecule has 1 aromatic carbocycles. The molecule has 2 rings (SSSR count). The van der Waals surface area contributed by atoms with Crippen molar-refractivity contribution in [3.63, 3.8) is 0 Å². The number of ether oxygens (including phenoxy) is 2. The topological polar surface area (TPSA) is 38.7 Å². The molecule has 0 bridgehead atoms. The van der Waals surface area contributed by atoms with Crippen LogP contribution in [0.4, 0.5) is 13.2 Å². The van der Waals surface area contributed by atoms with Crippen LogP contribution in [-0.4, -0.2) is 24.4 Å². The van der Waals surface area contributed by atoms with Gasteiger partial charge in [0.05, 0.1) is 18.3 Å². The standard InChI is InChI=1S/C13H15F3O3/c1-12(18-8-11(19-12)6-7-17)9-2-4-10(5-3-9)13(14,15)16/h2-5,11,17H,6-8H2,1H3. The molecule has 19 heavy (non-hydrogen) atoms. The van der Waals surface area contributed by atoms with Crippen molar-refractivity contribution in [1.29, 1.82) is 0 Å². The lowest BCUT2D eigenvalue weighted by atomic mass is 10.1. The molecule has 3 nitrogen and oxygen atoms in total. The SMILES string of the molecule is CC1(c2ccc(C(F)(F)F)cc2)OCC(CCO)O1. The van der Waals surface area contributed by atoms with E-state index in [1.807, 2.05) is 0 Å². The largest absolute Gasteiger partial charge is 0.416 e. The van der Waals surface area contributed by atoms with Crippen molar-refractivity contribution in [1.82, 2.24) is 0 Å². The van der Waals surface area contributed by atoms with Crippen molar-refractivity contribution in [3.8, 4) is 0 Å². The first-order valence-corrected chi connectivity index (χ1v) is 5.95. The van der Waals surface area contributed by atoms with Crippen molar-refractivity contribution in [3.05, 3.63) is 35.4 Å². The Balaban J connectivity index is 2.14. The highest BCUT2D eigenvalue weighted by atomic mass is 19.4. The molecule has 0 spiro atoms. The van der Waals surface area contributed by atoms with E-state index in [4.69, 9.17) is 14.6 Å². The van der Waals surface area contributed by atoms with Crippen LogP contribution in [0.1, 0.15) is 24.5 Å². The van der Waals surface area contributed by atoms with Gasteiger partial charge in [-0.15, -0.1) is 0 Å². The number of aliphatic hydroxyl groups excluding tert-OH is 1. The van der Waals surface area contributed by atoms with Gasteiger partial charge in [0, 0.05) is 12.2 Å². The number of hydrogen-bond donors (Lipinski definition) is 1. The zero-order valence-electron chi connectivity index (χ0n) is 10.4. The number of alkyl halides is 3. The first-order chi connectivity index (χ1) is 8.85. The summed E-state index contributed by atoms with van der Waals surface area (Å²) < 4.78 is 48.5. The fourth-order valence-electron chi connectivity index (χ4n) is 2.04. The third-order valence-electron chi connectivity index (χ3n) is 3.12. The molecule has 0 amide bonds. The molecule has 1 aromatic rings. The number of halogens is 3. The lowest BCUT2D eigenvalue weighted by molar-refractivity contribution is -0.163. The highest BCUT2D eigenvalue weighted by Crippen LogP contribution is 2.36. The van der Waals surface area contributed by atoms with Gasteiger partial charge in [0.1, 0.15) is 0 Å². The molecule has 6 heteroatoms. The van der Waals surface area contributed by atoms with Crippen LogP contribution in [0, 0.1) is 0 Å². The van der Waals surface area contributed by atoms with Gasteiger partial charge in [-0.1, -0.05) is 12.1 Å². The number of hydrogen-bond acceptors (Lipinski definition) is 3. The smallest absolute Gasteiger partial charge is 0.396 e. The Hall–Kier alpha value is -1.11. The van der Waals surface area contributed by atoms with Gasteiger partial charge in [0.2, 0.25) is 0 Å². The molecule has 106 valence electrons. The fraction of sp³-hybridized carbons (Fsp3) is 0.538. The molecule has 0 radical (unpaired) electrons. The summed E-state index contributed by atoms with van der Waals surface area (Å²) in [6.07, 6.45) is -4.15. The highest BCUT2D eigenvalue weighted by Gasteiger charge is 2.39. The summed E-state index contributed by atoms with van der Waals surface area (Å²) in [5.74, 6) is -1.05. The molecule has 2 unspecified atom stereocenters. The van der Waals surface area contributed by atoms with Crippen LogP contribution in [0.25, 0.3) is 0 Å². The minimum atomic E-state index is -4.35. The molecule has 1 fully saturated rings. The van der Waals surface area contributed by atoms with E-state index < -0.39 is 17.5 Å². The average molecular weight is 276 g/mol. The first kappa shape index (κ1) is 14.3. The van der Waals surface area contributed by atoms with Gasteiger partial charge >= 0.3 is 6.18 Å². The molecule has 1 aliphatic rings. The van der Waals surface area contributed by atoms with Gasteiger partial charge in [-0.05, 0) is 25.5 Å². The second-order valence-electron chi connectivity index (χ2n) is 4.58. The summed E-state index contributed by atoms with van der Waals surface area (Å²) in [5.41, 5.74) is -0.175. The minimum absolute atomic E-state index is 0.0167. The van der Waals surface area contributed by atoms with Crippen LogP contribution in [0.2, 0.25) is 0 Å². The van der Waals surface area contributed by atoms with E-state index in [9.17, 15) is 13.2 Å². The number of aliphatic hydroxyl groups is 1. The van der Waals surface area contributed by atoms with Crippen molar-refractivity contribution in [2.45, 2.75) is 31.4 Å². The van der Waals surface area contributed by atoms with Crippen LogP contribution in [0.3, 0.4) is 0 Å². The second kappa shape index (κ2) is 5.11. The number of rotatable bonds is 3. The fourth-order valence-corrected chi connectivity index (χ4v) is 2.04.